The van der Waals surface area contributed by atoms with Crippen molar-refractivity contribution in [1.29, 1.82) is 0 Å². The van der Waals surface area contributed by atoms with Crippen LogP contribution in [0.25, 0.3) is 0 Å². The fourth-order valence-corrected chi connectivity index (χ4v) is 2.92. The number of hydrogen-bond donors (Lipinski definition) is 2. The molecule has 0 spiro atoms. The van der Waals surface area contributed by atoms with Crippen molar-refractivity contribution in [2.45, 2.75) is 58.7 Å². The van der Waals surface area contributed by atoms with Gasteiger partial charge in [0.25, 0.3) is 0 Å². The summed E-state index contributed by atoms with van der Waals surface area (Å²) in [6.45, 7) is 7.48. The first-order valence-electron chi connectivity index (χ1n) is 8.52. The van der Waals surface area contributed by atoms with E-state index in [2.05, 4.69) is 39.7 Å². The Kier molecular flexibility index (Phi) is 4.82. The van der Waals surface area contributed by atoms with E-state index in [0.29, 0.717) is 19.0 Å². The fraction of sp³-hybridized carbons (Fsp3) is 0.625. The van der Waals surface area contributed by atoms with Crippen LogP contribution in [0.4, 0.5) is 4.79 Å². The molecular weight excluding hydrogens is 306 g/mol. The van der Waals surface area contributed by atoms with Crippen molar-refractivity contribution in [3.05, 3.63) is 29.6 Å². The maximum absolute atomic E-state index is 12.1. The molecule has 0 aromatic carbocycles. The second-order valence-corrected chi connectivity index (χ2v) is 6.47. The first-order chi connectivity index (χ1) is 11.5. The summed E-state index contributed by atoms with van der Waals surface area (Å²) in [7, 11) is 0. The Labute approximate surface area is 141 Å². The van der Waals surface area contributed by atoms with Gasteiger partial charge in [0.1, 0.15) is 11.6 Å². The van der Waals surface area contributed by atoms with Crippen LogP contribution in [-0.2, 0) is 13.0 Å². The number of carbonyl (C=O) groups is 1. The average Bonchev–Trinajstić information content (AvgIpc) is 3.13. The zero-order chi connectivity index (χ0) is 17.1. The van der Waals surface area contributed by atoms with Crippen LogP contribution in [0, 0.1) is 6.92 Å². The third-order valence-electron chi connectivity index (χ3n) is 4.15. The van der Waals surface area contributed by atoms with Gasteiger partial charge in [-0.1, -0.05) is 0 Å². The van der Waals surface area contributed by atoms with E-state index in [-0.39, 0.29) is 12.1 Å². The Balaban J connectivity index is 1.48. The predicted octanol–water partition coefficient (Wildman–Crippen LogP) is 1.74. The molecule has 1 aliphatic heterocycles. The van der Waals surface area contributed by atoms with Crippen molar-refractivity contribution in [2.75, 3.05) is 6.54 Å². The van der Waals surface area contributed by atoms with Gasteiger partial charge < -0.3 is 10.6 Å². The molecule has 2 amide bonds. The largest absolute Gasteiger partial charge is 0.338 e. The van der Waals surface area contributed by atoms with Gasteiger partial charge in [0.05, 0.1) is 11.7 Å². The molecule has 2 aromatic heterocycles. The molecule has 0 saturated carbocycles. The number of rotatable bonds is 5. The van der Waals surface area contributed by atoms with E-state index in [1.165, 1.54) is 0 Å². The molecule has 0 saturated heterocycles. The molecule has 1 aliphatic rings. The van der Waals surface area contributed by atoms with Crippen LogP contribution in [0.5, 0.6) is 0 Å². The zero-order valence-electron chi connectivity index (χ0n) is 14.5. The van der Waals surface area contributed by atoms with Crippen LogP contribution in [0.3, 0.4) is 0 Å². The lowest BCUT2D eigenvalue weighted by atomic mass is 10.1. The Morgan fingerprint density at radius 2 is 2.25 bits per heavy atom. The number of nitrogens with one attached hydrogen (secondary N) is 2. The van der Waals surface area contributed by atoms with Crippen LogP contribution >= 0.6 is 0 Å². The van der Waals surface area contributed by atoms with E-state index in [0.717, 1.165) is 36.7 Å². The van der Waals surface area contributed by atoms with Crippen molar-refractivity contribution in [3.8, 4) is 0 Å². The van der Waals surface area contributed by atoms with Gasteiger partial charge in [-0.25, -0.2) is 14.5 Å². The first kappa shape index (κ1) is 16.5. The molecule has 3 heterocycles. The Morgan fingerprint density at radius 1 is 1.42 bits per heavy atom. The van der Waals surface area contributed by atoms with Crippen molar-refractivity contribution < 1.29 is 4.79 Å². The van der Waals surface area contributed by atoms with Crippen molar-refractivity contribution in [2.24, 2.45) is 0 Å². The maximum Gasteiger partial charge on any atom is 0.315 e. The molecule has 0 bridgehead atoms. The monoisotopic (exact) mass is 331 g/mol. The van der Waals surface area contributed by atoms with Crippen LogP contribution in [-0.4, -0.2) is 37.1 Å². The van der Waals surface area contributed by atoms with E-state index < -0.39 is 0 Å². The van der Waals surface area contributed by atoms with Gasteiger partial charge in [0, 0.05) is 31.7 Å². The first-order valence-corrected chi connectivity index (χ1v) is 8.52. The topological polar surface area (TPSA) is 89.7 Å². The summed E-state index contributed by atoms with van der Waals surface area (Å²) in [5, 5.41) is 14.7. The molecule has 0 aliphatic carbocycles. The number of aromatic nitrogens is 5. The minimum Gasteiger partial charge on any atom is -0.338 e. The molecule has 2 N–H and O–H groups in total. The molecule has 24 heavy (non-hydrogen) atoms. The molecule has 8 heteroatoms. The highest BCUT2D eigenvalue weighted by Gasteiger charge is 2.24. The standard InChI is InChI=1S/C16H25N7O/c1-11(2)22-10-7-13(21-22)6-8-17-16(24)19-14-5-4-9-23-15(14)18-12(3)20-23/h7,10-11,14H,4-6,8-9H2,1-3H3,(H2,17,19,24)/t14-/m0/s1. The van der Waals surface area contributed by atoms with Gasteiger partial charge in [0.2, 0.25) is 0 Å². The van der Waals surface area contributed by atoms with Gasteiger partial charge in [-0.2, -0.15) is 10.2 Å². The Morgan fingerprint density at radius 3 is 3.00 bits per heavy atom. The van der Waals surface area contributed by atoms with Crippen molar-refractivity contribution in [3.63, 3.8) is 0 Å². The molecule has 2 aromatic rings. The van der Waals surface area contributed by atoms with Crippen LogP contribution in [0.15, 0.2) is 12.3 Å². The van der Waals surface area contributed by atoms with E-state index in [1.54, 1.807) is 0 Å². The molecule has 1 atom stereocenters. The van der Waals surface area contributed by atoms with Crippen molar-refractivity contribution in [1.82, 2.24) is 35.2 Å². The quantitative estimate of drug-likeness (QED) is 0.873. The van der Waals surface area contributed by atoms with Crippen LogP contribution in [0.1, 0.15) is 56.1 Å². The normalized spacial score (nSPS) is 16.9. The number of hydrogen-bond acceptors (Lipinski definition) is 4. The van der Waals surface area contributed by atoms with E-state index in [4.69, 9.17) is 0 Å². The molecule has 3 rings (SSSR count). The summed E-state index contributed by atoms with van der Waals surface area (Å²) in [4.78, 5) is 16.6. The van der Waals surface area contributed by atoms with E-state index >= 15 is 0 Å². The molecule has 130 valence electrons. The van der Waals surface area contributed by atoms with Gasteiger partial charge in [-0.05, 0) is 39.7 Å². The molecule has 0 radical (unpaired) electrons. The third kappa shape index (κ3) is 3.74. The summed E-state index contributed by atoms with van der Waals surface area (Å²) in [5.74, 6) is 1.60. The number of amides is 2. The summed E-state index contributed by atoms with van der Waals surface area (Å²) in [6, 6.07) is 2.10. The minimum absolute atomic E-state index is 0.0694. The van der Waals surface area contributed by atoms with E-state index in [9.17, 15) is 4.79 Å². The highest BCUT2D eigenvalue weighted by molar-refractivity contribution is 5.74. The minimum atomic E-state index is -0.169. The summed E-state index contributed by atoms with van der Waals surface area (Å²) >= 11 is 0. The number of nitrogens with zero attached hydrogens (tertiary/aromatic N) is 5. The summed E-state index contributed by atoms with van der Waals surface area (Å²) < 4.78 is 3.81. The van der Waals surface area contributed by atoms with Gasteiger partial charge >= 0.3 is 6.03 Å². The second-order valence-electron chi connectivity index (χ2n) is 6.47. The summed E-state index contributed by atoms with van der Waals surface area (Å²) in [6.07, 6.45) is 4.57. The lowest BCUT2D eigenvalue weighted by Gasteiger charge is -2.23. The Hall–Kier alpha value is -2.38. The molecular formula is C16H25N7O. The van der Waals surface area contributed by atoms with Gasteiger partial charge in [0.15, 0.2) is 0 Å². The van der Waals surface area contributed by atoms with Gasteiger partial charge in [-0.15, -0.1) is 0 Å². The Bertz CT molecular complexity index is 703. The number of aryl methyl sites for hydroxylation is 2. The number of carbonyl (C=O) groups excluding carboxylic acids is 1. The lowest BCUT2D eigenvalue weighted by molar-refractivity contribution is 0.233. The van der Waals surface area contributed by atoms with Crippen molar-refractivity contribution >= 4 is 6.03 Å². The highest BCUT2D eigenvalue weighted by atomic mass is 16.2. The second kappa shape index (κ2) is 7.02. The van der Waals surface area contributed by atoms with Crippen LogP contribution < -0.4 is 10.6 Å². The average molecular weight is 331 g/mol. The smallest absolute Gasteiger partial charge is 0.315 e. The zero-order valence-corrected chi connectivity index (χ0v) is 14.5. The highest BCUT2D eigenvalue weighted by Crippen LogP contribution is 2.22. The SMILES string of the molecule is Cc1nc2n(n1)CCC[C@@H]2NC(=O)NCCc1ccn(C(C)C)n1. The third-order valence-corrected chi connectivity index (χ3v) is 4.15. The molecule has 0 fully saturated rings. The predicted molar refractivity (Wildman–Crippen MR) is 89.6 cm³/mol. The fourth-order valence-electron chi connectivity index (χ4n) is 2.92. The maximum atomic E-state index is 12.1. The van der Waals surface area contributed by atoms with Crippen LogP contribution in [0.2, 0.25) is 0 Å². The number of fused-ring (bicyclic) bond motifs is 1. The molecule has 8 nitrogen and oxygen atoms in total. The van der Waals surface area contributed by atoms with Gasteiger partial charge in [-0.3, -0.25) is 4.68 Å². The number of urea groups is 1. The lowest BCUT2D eigenvalue weighted by Crippen LogP contribution is -2.40. The molecule has 0 unspecified atom stereocenters. The van der Waals surface area contributed by atoms with E-state index in [1.807, 2.05) is 28.6 Å². The summed E-state index contributed by atoms with van der Waals surface area (Å²) in [5.41, 5.74) is 0.983.